The number of carbonyl (C=O) groups excluding carboxylic acids is 2. The fourth-order valence-electron chi connectivity index (χ4n) is 1.86. The minimum atomic E-state index is -3.25. The summed E-state index contributed by atoms with van der Waals surface area (Å²) in [6.45, 7) is 3.84. The Balaban J connectivity index is 2.70. The van der Waals surface area contributed by atoms with Crippen molar-refractivity contribution in [3.8, 4) is 5.75 Å². The smallest absolute Gasteiger partial charge is 0.290 e. The molecular weight excluding hydrogens is 306 g/mol. The third-order valence-corrected chi connectivity index (χ3v) is 3.27. The SMILES string of the molecule is C=CC(=O)N(C)CC(=O)NCC(F)(F)c1ccc(C)c(OC)c1. The fourth-order valence-corrected chi connectivity index (χ4v) is 1.86. The molecule has 23 heavy (non-hydrogen) atoms. The predicted molar refractivity (Wildman–Crippen MR) is 82.5 cm³/mol. The molecule has 0 spiro atoms. The van der Waals surface area contributed by atoms with Crippen molar-refractivity contribution in [2.24, 2.45) is 0 Å². The van der Waals surface area contributed by atoms with Gasteiger partial charge < -0.3 is 15.0 Å². The standard InChI is InChI=1S/C16H20F2N2O3/c1-5-15(22)20(3)9-14(21)19-10-16(17,18)12-7-6-11(2)13(8-12)23-4/h5-8H,1,9-10H2,2-4H3,(H,19,21). The maximum Gasteiger partial charge on any atom is 0.290 e. The van der Waals surface area contributed by atoms with E-state index in [2.05, 4.69) is 11.9 Å². The van der Waals surface area contributed by atoms with Crippen molar-refractivity contribution in [2.75, 3.05) is 27.2 Å². The van der Waals surface area contributed by atoms with Crippen LogP contribution in [0.3, 0.4) is 0 Å². The van der Waals surface area contributed by atoms with E-state index < -0.39 is 24.3 Å². The number of rotatable bonds is 7. The Labute approximate surface area is 133 Å². The van der Waals surface area contributed by atoms with E-state index in [1.54, 1.807) is 6.92 Å². The monoisotopic (exact) mass is 326 g/mol. The number of ether oxygens (including phenoxy) is 1. The van der Waals surface area contributed by atoms with Gasteiger partial charge in [0.15, 0.2) is 0 Å². The van der Waals surface area contributed by atoms with Crippen LogP contribution in [0.4, 0.5) is 8.78 Å². The molecule has 0 heterocycles. The summed E-state index contributed by atoms with van der Waals surface area (Å²) in [5, 5.41) is 2.13. The second-order valence-corrected chi connectivity index (χ2v) is 5.06. The molecule has 0 aliphatic heterocycles. The molecule has 1 aromatic rings. The summed E-state index contributed by atoms with van der Waals surface area (Å²) in [6.07, 6.45) is 1.04. The van der Waals surface area contributed by atoms with Crippen LogP contribution in [-0.4, -0.2) is 44.0 Å². The number of hydrogen-bond donors (Lipinski definition) is 1. The minimum absolute atomic E-state index is 0.254. The zero-order chi connectivity index (χ0) is 17.6. The minimum Gasteiger partial charge on any atom is -0.496 e. The summed E-state index contributed by atoms with van der Waals surface area (Å²) in [6, 6.07) is 4.06. The molecular formula is C16H20F2N2O3. The zero-order valence-corrected chi connectivity index (χ0v) is 13.4. The highest BCUT2D eigenvalue weighted by atomic mass is 19.3. The second kappa shape index (κ2) is 7.71. The van der Waals surface area contributed by atoms with E-state index in [1.807, 2.05) is 0 Å². The molecule has 0 aliphatic carbocycles. The van der Waals surface area contributed by atoms with Gasteiger partial charge in [-0.2, -0.15) is 8.78 Å². The molecule has 0 saturated heterocycles. The van der Waals surface area contributed by atoms with Gasteiger partial charge in [0.2, 0.25) is 11.8 Å². The molecule has 5 nitrogen and oxygen atoms in total. The first-order valence-corrected chi connectivity index (χ1v) is 6.88. The van der Waals surface area contributed by atoms with Crippen LogP contribution in [0.2, 0.25) is 0 Å². The van der Waals surface area contributed by atoms with Crippen LogP contribution in [0.1, 0.15) is 11.1 Å². The second-order valence-electron chi connectivity index (χ2n) is 5.06. The number of carbonyl (C=O) groups is 2. The topological polar surface area (TPSA) is 58.6 Å². The lowest BCUT2D eigenvalue weighted by Gasteiger charge is -2.20. The predicted octanol–water partition coefficient (Wildman–Crippen LogP) is 1.86. The molecule has 0 saturated carbocycles. The molecule has 0 fully saturated rings. The van der Waals surface area contributed by atoms with E-state index in [4.69, 9.17) is 4.74 Å². The summed E-state index contributed by atoms with van der Waals surface area (Å²) < 4.78 is 33.3. The van der Waals surface area contributed by atoms with Gasteiger partial charge in [0.05, 0.1) is 20.2 Å². The number of aryl methyl sites for hydroxylation is 1. The number of methoxy groups -OCH3 is 1. The largest absolute Gasteiger partial charge is 0.496 e. The highest BCUT2D eigenvalue weighted by Crippen LogP contribution is 2.31. The van der Waals surface area contributed by atoms with Gasteiger partial charge in [0.1, 0.15) is 5.75 Å². The Morgan fingerprint density at radius 3 is 2.65 bits per heavy atom. The Hall–Kier alpha value is -2.44. The lowest BCUT2D eigenvalue weighted by Crippen LogP contribution is -2.41. The molecule has 0 aliphatic rings. The van der Waals surface area contributed by atoms with E-state index in [-0.39, 0.29) is 12.1 Å². The maximum absolute atomic E-state index is 14.2. The lowest BCUT2D eigenvalue weighted by molar-refractivity contribution is -0.132. The van der Waals surface area contributed by atoms with E-state index in [9.17, 15) is 18.4 Å². The fraction of sp³-hybridized carbons (Fsp3) is 0.375. The third-order valence-electron chi connectivity index (χ3n) is 3.27. The van der Waals surface area contributed by atoms with Crippen LogP contribution in [0.25, 0.3) is 0 Å². The molecule has 0 radical (unpaired) electrons. The Kier molecular flexibility index (Phi) is 6.24. The lowest BCUT2D eigenvalue weighted by atomic mass is 10.1. The van der Waals surface area contributed by atoms with Crippen LogP contribution in [0.5, 0.6) is 5.75 Å². The Morgan fingerprint density at radius 2 is 2.09 bits per heavy atom. The normalized spacial score (nSPS) is 10.8. The average molecular weight is 326 g/mol. The van der Waals surface area contributed by atoms with Crippen molar-refractivity contribution in [1.29, 1.82) is 0 Å². The van der Waals surface area contributed by atoms with E-state index in [1.165, 1.54) is 32.4 Å². The molecule has 0 atom stereocenters. The van der Waals surface area contributed by atoms with Crippen LogP contribution in [-0.2, 0) is 15.5 Å². The number of likely N-dealkylation sites (N-methyl/N-ethyl adjacent to an activating group) is 1. The maximum atomic E-state index is 14.2. The van der Waals surface area contributed by atoms with Gasteiger partial charge in [-0.15, -0.1) is 0 Å². The Bertz CT molecular complexity index is 603. The summed E-state index contributed by atoms with van der Waals surface area (Å²) in [5.74, 6) is -4.04. The first-order valence-electron chi connectivity index (χ1n) is 6.88. The van der Waals surface area contributed by atoms with Gasteiger partial charge in [-0.3, -0.25) is 9.59 Å². The highest BCUT2D eigenvalue weighted by molar-refractivity contribution is 5.90. The van der Waals surface area contributed by atoms with Crippen molar-refractivity contribution in [3.05, 3.63) is 42.0 Å². The molecule has 0 bridgehead atoms. The van der Waals surface area contributed by atoms with Crippen molar-refractivity contribution < 1.29 is 23.1 Å². The van der Waals surface area contributed by atoms with Gasteiger partial charge >= 0.3 is 0 Å². The van der Waals surface area contributed by atoms with Gasteiger partial charge in [-0.1, -0.05) is 18.7 Å². The molecule has 126 valence electrons. The van der Waals surface area contributed by atoms with Gasteiger partial charge in [-0.05, 0) is 24.6 Å². The number of nitrogens with zero attached hydrogens (tertiary/aromatic N) is 1. The molecule has 0 unspecified atom stereocenters. The summed E-state index contributed by atoms with van der Waals surface area (Å²) in [5.41, 5.74) is 0.483. The van der Waals surface area contributed by atoms with Crippen molar-refractivity contribution in [1.82, 2.24) is 10.2 Å². The first-order chi connectivity index (χ1) is 10.7. The number of halogens is 2. The molecule has 2 amide bonds. The average Bonchev–Trinajstić information content (AvgIpc) is 2.52. The Morgan fingerprint density at radius 1 is 1.43 bits per heavy atom. The summed E-state index contributed by atoms with van der Waals surface area (Å²) in [7, 11) is 2.78. The molecule has 1 rings (SSSR count). The molecule has 7 heteroatoms. The number of amides is 2. The quantitative estimate of drug-likeness (QED) is 0.778. The number of hydrogen-bond acceptors (Lipinski definition) is 3. The van der Waals surface area contributed by atoms with Crippen LogP contribution in [0, 0.1) is 6.92 Å². The van der Waals surface area contributed by atoms with E-state index >= 15 is 0 Å². The molecule has 1 N–H and O–H groups in total. The third kappa shape index (κ3) is 5.05. The van der Waals surface area contributed by atoms with Gasteiger partial charge in [0, 0.05) is 12.6 Å². The van der Waals surface area contributed by atoms with Crippen molar-refractivity contribution in [3.63, 3.8) is 0 Å². The number of nitrogens with one attached hydrogen (secondary N) is 1. The van der Waals surface area contributed by atoms with Gasteiger partial charge in [0.25, 0.3) is 5.92 Å². The van der Waals surface area contributed by atoms with Crippen LogP contribution in [0.15, 0.2) is 30.9 Å². The number of benzene rings is 1. The van der Waals surface area contributed by atoms with Crippen molar-refractivity contribution >= 4 is 11.8 Å². The van der Waals surface area contributed by atoms with Crippen LogP contribution >= 0.6 is 0 Å². The van der Waals surface area contributed by atoms with Crippen LogP contribution < -0.4 is 10.1 Å². The van der Waals surface area contributed by atoms with E-state index in [0.717, 1.165) is 16.5 Å². The summed E-state index contributed by atoms with van der Waals surface area (Å²) >= 11 is 0. The molecule has 1 aromatic carbocycles. The van der Waals surface area contributed by atoms with E-state index in [0.29, 0.717) is 5.75 Å². The first kappa shape index (κ1) is 18.6. The van der Waals surface area contributed by atoms with Gasteiger partial charge in [-0.25, -0.2) is 0 Å². The molecule has 0 aromatic heterocycles. The zero-order valence-electron chi connectivity index (χ0n) is 13.4. The van der Waals surface area contributed by atoms with Crippen molar-refractivity contribution in [2.45, 2.75) is 12.8 Å². The summed E-state index contributed by atoms with van der Waals surface area (Å²) in [4.78, 5) is 23.9. The highest BCUT2D eigenvalue weighted by Gasteiger charge is 2.32. The number of alkyl halides is 2.